The van der Waals surface area contributed by atoms with Crippen molar-refractivity contribution in [3.8, 4) is 5.69 Å². The molecule has 3 amide bonds. The van der Waals surface area contributed by atoms with E-state index in [2.05, 4.69) is 10.4 Å². The summed E-state index contributed by atoms with van der Waals surface area (Å²) in [5.41, 5.74) is 3.42. The lowest BCUT2D eigenvalue weighted by atomic mass is 10.2. The Bertz CT molecular complexity index is 1020. The average Bonchev–Trinajstić information content (AvgIpc) is 3.37. The molecule has 0 spiro atoms. The molecule has 1 saturated heterocycles. The van der Waals surface area contributed by atoms with Crippen LogP contribution < -0.4 is 5.32 Å². The lowest BCUT2D eigenvalue weighted by molar-refractivity contribution is 0.0640. The number of hydrogen-bond donors (Lipinski definition) is 1. The zero-order valence-electron chi connectivity index (χ0n) is 16.5. The SMILES string of the molecule is Cc1cc(C)n(-c2ccccc2NC(=O)N2CCN(C(=O)c3ccco3)CC2)n1. The smallest absolute Gasteiger partial charge is 0.322 e. The first-order chi connectivity index (χ1) is 14.0. The van der Waals surface area contributed by atoms with Crippen LogP contribution in [0, 0.1) is 13.8 Å². The Morgan fingerprint density at radius 2 is 1.72 bits per heavy atom. The number of nitrogens with one attached hydrogen (secondary N) is 1. The van der Waals surface area contributed by atoms with Crippen LogP contribution >= 0.6 is 0 Å². The number of piperazine rings is 1. The number of benzene rings is 1. The number of carbonyl (C=O) groups is 2. The van der Waals surface area contributed by atoms with Crippen LogP contribution in [-0.2, 0) is 0 Å². The van der Waals surface area contributed by atoms with Crippen LogP contribution in [0.2, 0.25) is 0 Å². The minimum absolute atomic E-state index is 0.148. The van der Waals surface area contributed by atoms with Crippen molar-refractivity contribution in [3.63, 3.8) is 0 Å². The van der Waals surface area contributed by atoms with Gasteiger partial charge in [-0.25, -0.2) is 9.48 Å². The molecule has 150 valence electrons. The number of urea groups is 1. The topological polar surface area (TPSA) is 83.6 Å². The fourth-order valence-corrected chi connectivity index (χ4v) is 3.50. The number of nitrogens with zero attached hydrogens (tertiary/aromatic N) is 4. The van der Waals surface area contributed by atoms with E-state index >= 15 is 0 Å². The van der Waals surface area contributed by atoms with Gasteiger partial charge >= 0.3 is 6.03 Å². The highest BCUT2D eigenvalue weighted by Gasteiger charge is 2.26. The summed E-state index contributed by atoms with van der Waals surface area (Å²) in [6, 6.07) is 12.7. The lowest BCUT2D eigenvalue weighted by Gasteiger charge is -2.34. The molecule has 0 unspecified atom stereocenters. The predicted molar refractivity (Wildman–Crippen MR) is 108 cm³/mol. The fraction of sp³-hybridized carbons (Fsp3) is 0.286. The van der Waals surface area contributed by atoms with Crippen LogP contribution in [-0.4, -0.2) is 57.7 Å². The van der Waals surface area contributed by atoms with E-state index in [1.54, 1.807) is 21.9 Å². The Kier molecular flexibility index (Phi) is 5.07. The number of carbonyl (C=O) groups excluding carboxylic acids is 2. The molecule has 3 heterocycles. The lowest BCUT2D eigenvalue weighted by Crippen LogP contribution is -2.51. The molecule has 4 rings (SSSR count). The number of anilines is 1. The van der Waals surface area contributed by atoms with Crippen molar-refractivity contribution in [1.29, 1.82) is 0 Å². The van der Waals surface area contributed by atoms with Crippen LogP contribution in [0.5, 0.6) is 0 Å². The molecule has 1 N–H and O–H groups in total. The van der Waals surface area contributed by atoms with Crippen LogP contribution in [0.1, 0.15) is 21.9 Å². The molecule has 0 aliphatic carbocycles. The number of para-hydroxylation sites is 2. The molecular formula is C21H23N5O3. The van der Waals surface area contributed by atoms with E-state index in [4.69, 9.17) is 4.42 Å². The van der Waals surface area contributed by atoms with Gasteiger partial charge in [0.25, 0.3) is 5.91 Å². The highest BCUT2D eigenvalue weighted by atomic mass is 16.3. The summed E-state index contributed by atoms with van der Waals surface area (Å²) in [6.07, 6.45) is 1.48. The molecule has 1 fully saturated rings. The first kappa shape index (κ1) is 18.8. The second kappa shape index (κ2) is 7.83. The number of furan rings is 1. The molecule has 0 radical (unpaired) electrons. The Labute approximate surface area is 168 Å². The second-order valence-electron chi connectivity index (χ2n) is 7.04. The monoisotopic (exact) mass is 393 g/mol. The van der Waals surface area contributed by atoms with Gasteiger partial charge in [0.1, 0.15) is 0 Å². The van der Waals surface area contributed by atoms with Gasteiger partial charge in [-0.2, -0.15) is 5.10 Å². The first-order valence-electron chi connectivity index (χ1n) is 9.54. The van der Waals surface area contributed by atoms with E-state index in [0.717, 1.165) is 17.1 Å². The summed E-state index contributed by atoms with van der Waals surface area (Å²) in [7, 11) is 0. The number of rotatable bonds is 3. The summed E-state index contributed by atoms with van der Waals surface area (Å²) >= 11 is 0. The van der Waals surface area contributed by atoms with Gasteiger partial charge in [0.05, 0.1) is 23.3 Å². The van der Waals surface area contributed by atoms with Gasteiger partial charge in [0.15, 0.2) is 5.76 Å². The number of aromatic nitrogens is 2. The van der Waals surface area contributed by atoms with E-state index in [9.17, 15) is 9.59 Å². The molecule has 1 aliphatic rings. The van der Waals surface area contributed by atoms with Crippen molar-refractivity contribution in [2.24, 2.45) is 0 Å². The van der Waals surface area contributed by atoms with Crippen LogP contribution in [0.4, 0.5) is 10.5 Å². The molecule has 8 nitrogen and oxygen atoms in total. The molecule has 8 heteroatoms. The number of amides is 3. The Balaban J connectivity index is 1.42. The van der Waals surface area contributed by atoms with E-state index in [1.165, 1.54) is 6.26 Å². The second-order valence-corrected chi connectivity index (χ2v) is 7.04. The van der Waals surface area contributed by atoms with Gasteiger partial charge in [0, 0.05) is 31.9 Å². The Morgan fingerprint density at radius 1 is 1.00 bits per heavy atom. The van der Waals surface area contributed by atoms with Gasteiger partial charge in [-0.05, 0) is 44.2 Å². The fourth-order valence-electron chi connectivity index (χ4n) is 3.50. The third kappa shape index (κ3) is 3.87. The molecule has 3 aromatic rings. The summed E-state index contributed by atoms with van der Waals surface area (Å²) in [5, 5.41) is 7.50. The van der Waals surface area contributed by atoms with Crippen LogP contribution in [0.15, 0.2) is 53.1 Å². The number of aryl methyl sites for hydroxylation is 2. The average molecular weight is 393 g/mol. The molecular weight excluding hydrogens is 370 g/mol. The minimum Gasteiger partial charge on any atom is -0.459 e. The Morgan fingerprint density at radius 3 is 2.38 bits per heavy atom. The van der Waals surface area contributed by atoms with Crippen molar-refractivity contribution in [3.05, 3.63) is 65.9 Å². The van der Waals surface area contributed by atoms with Crippen molar-refractivity contribution in [2.45, 2.75) is 13.8 Å². The summed E-state index contributed by atoms with van der Waals surface area (Å²) in [4.78, 5) is 28.6. The quantitative estimate of drug-likeness (QED) is 0.741. The first-order valence-corrected chi connectivity index (χ1v) is 9.54. The van der Waals surface area contributed by atoms with Crippen molar-refractivity contribution >= 4 is 17.6 Å². The van der Waals surface area contributed by atoms with Crippen molar-refractivity contribution in [2.75, 3.05) is 31.5 Å². The normalized spacial score (nSPS) is 14.1. The van der Waals surface area contributed by atoms with Gasteiger partial charge in [0.2, 0.25) is 0 Å². The van der Waals surface area contributed by atoms with Gasteiger partial charge in [-0.15, -0.1) is 0 Å². The number of hydrogen-bond acceptors (Lipinski definition) is 4. The molecule has 0 atom stereocenters. The maximum atomic E-state index is 12.8. The molecule has 29 heavy (non-hydrogen) atoms. The van der Waals surface area contributed by atoms with Crippen LogP contribution in [0.3, 0.4) is 0 Å². The van der Waals surface area contributed by atoms with Gasteiger partial charge < -0.3 is 19.5 Å². The van der Waals surface area contributed by atoms with E-state index < -0.39 is 0 Å². The van der Waals surface area contributed by atoms with E-state index in [1.807, 2.05) is 48.9 Å². The molecule has 0 bridgehead atoms. The van der Waals surface area contributed by atoms with E-state index in [0.29, 0.717) is 37.6 Å². The molecule has 0 saturated carbocycles. The van der Waals surface area contributed by atoms with Gasteiger partial charge in [-0.1, -0.05) is 12.1 Å². The van der Waals surface area contributed by atoms with Crippen molar-refractivity contribution in [1.82, 2.24) is 19.6 Å². The third-order valence-corrected chi connectivity index (χ3v) is 4.97. The minimum atomic E-state index is -0.191. The zero-order chi connectivity index (χ0) is 20.4. The zero-order valence-corrected chi connectivity index (χ0v) is 16.5. The molecule has 2 aromatic heterocycles. The van der Waals surface area contributed by atoms with Gasteiger partial charge in [-0.3, -0.25) is 4.79 Å². The Hall–Kier alpha value is -3.55. The summed E-state index contributed by atoms with van der Waals surface area (Å²) < 4.78 is 7.00. The van der Waals surface area contributed by atoms with Crippen molar-refractivity contribution < 1.29 is 14.0 Å². The summed E-state index contributed by atoms with van der Waals surface area (Å²) in [5.74, 6) is 0.173. The highest BCUT2D eigenvalue weighted by Crippen LogP contribution is 2.22. The van der Waals surface area contributed by atoms with E-state index in [-0.39, 0.29) is 11.9 Å². The maximum absolute atomic E-state index is 12.8. The standard InChI is InChI=1S/C21H23N5O3/c1-15-14-16(2)26(23-15)18-7-4-3-6-17(18)22-21(28)25-11-9-24(10-12-25)20(27)19-8-5-13-29-19/h3-8,13-14H,9-12H2,1-2H3,(H,22,28). The predicted octanol–water partition coefficient (Wildman–Crippen LogP) is 3.07. The van der Waals surface area contributed by atoms with Crippen LogP contribution in [0.25, 0.3) is 5.69 Å². The third-order valence-electron chi connectivity index (χ3n) is 4.97. The highest BCUT2D eigenvalue weighted by molar-refractivity contribution is 5.93. The molecule has 1 aromatic carbocycles. The largest absolute Gasteiger partial charge is 0.459 e. The maximum Gasteiger partial charge on any atom is 0.322 e. The molecule has 1 aliphatic heterocycles. The summed E-state index contributed by atoms with van der Waals surface area (Å²) in [6.45, 7) is 5.76.